The molecule has 7 nitrogen and oxygen atoms in total. The Hall–Kier alpha value is -7.38. The molecule has 4 heterocycles. The minimum atomic E-state index is 0.824. The van der Waals surface area contributed by atoms with Crippen molar-refractivity contribution >= 4 is 44.9 Å². The van der Waals surface area contributed by atoms with Gasteiger partial charge in [-0.1, -0.05) is 83.9 Å². The van der Waals surface area contributed by atoms with Crippen molar-refractivity contribution < 1.29 is 4.74 Å². The second-order valence-corrected chi connectivity index (χ2v) is 15.6. The van der Waals surface area contributed by atoms with Crippen LogP contribution in [-0.2, 0) is 12.8 Å². The molecule has 7 heteroatoms. The molecule has 0 fully saturated rings. The summed E-state index contributed by atoms with van der Waals surface area (Å²) < 4.78 is 5.96. The lowest BCUT2D eigenvalue weighted by Gasteiger charge is -2.07. The third kappa shape index (κ3) is 7.46. The molecule has 7 aromatic carbocycles. The highest BCUT2D eigenvalue weighted by atomic mass is 16.5. The predicted molar refractivity (Wildman–Crippen MR) is 241 cm³/mol. The van der Waals surface area contributed by atoms with E-state index in [0.29, 0.717) is 0 Å². The van der Waals surface area contributed by atoms with Crippen molar-refractivity contribution in [3.8, 4) is 33.8 Å². The zero-order chi connectivity index (χ0) is 40.0. The Morgan fingerprint density at radius 3 is 1.44 bits per heavy atom. The lowest BCUT2D eigenvalue weighted by atomic mass is 9.99. The average molecular weight is 767 g/mol. The molecule has 2 N–H and O–H groups in total. The number of benzene rings is 7. The second kappa shape index (κ2) is 14.8. The van der Waals surface area contributed by atoms with Crippen LogP contribution in [0, 0.1) is 27.7 Å². The first-order chi connectivity index (χ1) is 28.8. The Kier molecular flexibility index (Phi) is 9.06. The lowest BCUT2D eigenvalue weighted by Crippen LogP contribution is -2.00. The zero-order valence-corrected chi connectivity index (χ0v) is 33.5. The van der Waals surface area contributed by atoms with Crippen LogP contribution in [0.1, 0.15) is 45.0 Å². The number of aliphatic imine (C=N–C) groups is 2. The average Bonchev–Trinajstić information content (AvgIpc) is 4.04. The maximum absolute atomic E-state index is 5.96. The summed E-state index contributed by atoms with van der Waals surface area (Å²) in [4.78, 5) is 25.5. The van der Waals surface area contributed by atoms with Gasteiger partial charge in [0.2, 0.25) is 0 Å². The van der Waals surface area contributed by atoms with Crippen LogP contribution in [0.3, 0.4) is 0 Å². The molecule has 0 radical (unpaired) electrons. The number of rotatable bonds is 6. The number of aryl methyl sites for hydroxylation is 4. The van der Waals surface area contributed by atoms with E-state index in [9.17, 15) is 0 Å². The highest BCUT2D eigenvalue weighted by Gasteiger charge is 2.19. The Morgan fingerprint density at radius 1 is 0.424 bits per heavy atom. The van der Waals surface area contributed by atoms with Crippen LogP contribution in [0.4, 0.5) is 11.4 Å². The molecule has 0 unspecified atom stereocenters. The van der Waals surface area contributed by atoms with Gasteiger partial charge in [-0.3, -0.25) is 9.98 Å². The van der Waals surface area contributed by atoms with E-state index in [1.54, 1.807) is 0 Å². The third-order valence-electron chi connectivity index (χ3n) is 11.1. The SMILES string of the molecule is Cc1ccc(Oc2ccc(C3=Nc4cc(-c5ccc6nc(C)[nH]c6c5)ccc4C3)cc2)cc1.Cc1cccc(C2=Nc3cc(-c4ccc5nc(C)[nH]c5c4)ccc3C2)c1. The molecule has 0 aliphatic carbocycles. The first kappa shape index (κ1) is 36.0. The standard InChI is InChI=1S/C29H23N3O.C23H19N3/c1-18-3-10-24(11-4-18)33-25-12-7-20(8-13-25)27-17-23-6-5-21(15-28(23)32-27)22-9-14-26-29(16-22)31-19(2)30-26;1-14-4-3-5-18(10-14)22-13-19-7-6-16(11-21(19)26-22)17-8-9-20-23(12-17)25-15(2)24-20/h3-16H,17H2,1-2H3,(H,30,31);3-12H,13H2,1-2H3,(H,24,25). The first-order valence-electron chi connectivity index (χ1n) is 20.0. The molecular weight excluding hydrogens is 725 g/mol. The van der Waals surface area contributed by atoms with E-state index in [4.69, 9.17) is 14.7 Å². The van der Waals surface area contributed by atoms with Crippen LogP contribution in [0.15, 0.2) is 156 Å². The molecule has 2 aromatic heterocycles. The predicted octanol–water partition coefficient (Wildman–Crippen LogP) is 12.8. The number of nitrogens with one attached hydrogen (secondary N) is 2. The van der Waals surface area contributed by atoms with E-state index < -0.39 is 0 Å². The van der Waals surface area contributed by atoms with Crippen LogP contribution in [-0.4, -0.2) is 31.4 Å². The summed E-state index contributed by atoms with van der Waals surface area (Å²) in [5.41, 5.74) is 20.6. The molecule has 286 valence electrons. The Labute approximate surface area is 343 Å². The third-order valence-corrected chi connectivity index (χ3v) is 11.1. The van der Waals surface area contributed by atoms with Gasteiger partial charge in [0, 0.05) is 12.8 Å². The maximum Gasteiger partial charge on any atom is 0.127 e. The largest absolute Gasteiger partial charge is 0.457 e. The van der Waals surface area contributed by atoms with Crippen LogP contribution in [0.25, 0.3) is 44.3 Å². The van der Waals surface area contributed by atoms with Gasteiger partial charge in [0.25, 0.3) is 0 Å². The Bertz CT molecular complexity index is 3110. The van der Waals surface area contributed by atoms with Gasteiger partial charge in [-0.05, 0) is 145 Å². The molecule has 0 saturated heterocycles. The highest BCUT2D eigenvalue weighted by Crippen LogP contribution is 2.36. The van der Waals surface area contributed by atoms with Crippen LogP contribution >= 0.6 is 0 Å². The van der Waals surface area contributed by atoms with E-state index in [2.05, 4.69) is 155 Å². The molecule has 2 aliphatic heterocycles. The van der Waals surface area contributed by atoms with E-state index in [0.717, 1.165) is 97.5 Å². The Morgan fingerprint density at radius 2 is 0.898 bits per heavy atom. The van der Waals surface area contributed by atoms with Gasteiger partial charge < -0.3 is 14.7 Å². The minimum absolute atomic E-state index is 0.824. The van der Waals surface area contributed by atoms with Crippen molar-refractivity contribution in [2.75, 3.05) is 0 Å². The normalized spacial score (nSPS) is 12.8. The van der Waals surface area contributed by atoms with Crippen LogP contribution < -0.4 is 4.74 Å². The summed E-state index contributed by atoms with van der Waals surface area (Å²) in [5.74, 6) is 3.54. The van der Waals surface area contributed by atoms with E-state index in [1.165, 1.54) is 38.9 Å². The fourth-order valence-electron chi connectivity index (χ4n) is 7.97. The van der Waals surface area contributed by atoms with Crippen molar-refractivity contribution in [1.82, 2.24) is 19.9 Å². The number of hydrogen-bond donors (Lipinski definition) is 2. The number of hydrogen-bond acceptors (Lipinski definition) is 5. The van der Waals surface area contributed by atoms with Crippen LogP contribution in [0.5, 0.6) is 11.5 Å². The molecular formula is C52H42N6O. The molecule has 11 rings (SSSR count). The summed E-state index contributed by atoms with van der Waals surface area (Å²) in [5, 5.41) is 0. The van der Waals surface area contributed by atoms with Gasteiger partial charge in [0.1, 0.15) is 23.1 Å². The fourth-order valence-corrected chi connectivity index (χ4v) is 7.97. The number of imidazole rings is 2. The summed E-state index contributed by atoms with van der Waals surface area (Å²) in [7, 11) is 0. The van der Waals surface area contributed by atoms with Gasteiger partial charge in [0.15, 0.2) is 0 Å². The summed E-state index contributed by atoms with van der Waals surface area (Å²) >= 11 is 0. The number of H-pyrrole nitrogens is 2. The molecule has 0 amide bonds. The van der Waals surface area contributed by atoms with Crippen molar-refractivity contribution in [3.05, 3.63) is 191 Å². The lowest BCUT2D eigenvalue weighted by molar-refractivity contribution is 0.482. The summed E-state index contributed by atoms with van der Waals surface area (Å²) in [6, 6.07) is 50.7. The van der Waals surface area contributed by atoms with Gasteiger partial charge in [0.05, 0.1) is 44.9 Å². The quantitative estimate of drug-likeness (QED) is 0.176. The van der Waals surface area contributed by atoms with Gasteiger partial charge in [-0.15, -0.1) is 0 Å². The molecule has 59 heavy (non-hydrogen) atoms. The first-order valence-corrected chi connectivity index (χ1v) is 20.0. The molecule has 2 aliphatic rings. The van der Waals surface area contributed by atoms with E-state index in [-0.39, 0.29) is 0 Å². The van der Waals surface area contributed by atoms with Crippen molar-refractivity contribution in [1.29, 1.82) is 0 Å². The zero-order valence-electron chi connectivity index (χ0n) is 33.5. The van der Waals surface area contributed by atoms with Crippen molar-refractivity contribution in [2.24, 2.45) is 9.98 Å². The maximum atomic E-state index is 5.96. The fraction of sp³-hybridized carbons (Fsp3) is 0.115. The number of fused-ring (bicyclic) bond motifs is 4. The smallest absolute Gasteiger partial charge is 0.127 e. The molecule has 0 saturated carbocycles. The molecule has 0 spiro atoms. The number of aromatic nitrogens is 4. The van der Waals surface area contributed by atoms with Crippen molar-refractivity contribution in [3.63, 3.8) is 0 Å². The van der Waals surface area contributed by atoms with E-state index >= 15 is 0 Å². The van der Waals surface area contributed by atoms with Gasteiger partial charge >= 0.3 is 0 Å². The summed E-state index contributed by atoms with van der Waals surface area (Å²) in [6.45, 7) is 8.15. The number of aromatic amines is 2. The summed E-state index contributed by atoms with van der Waals surface area (Å²) in [6.07, 6.45) is 1.74. The highest BCUT2D eigenvalue weighted by molar-refractivity contribution is 6.07. The second-order valence-electron chi connectivity index (χ2n) is 15.6. The topological polar surface area (TPSA) is 91.3 Å². The molecule has 0 atom stereocenters. The van der Waals surface area contributed by atoms with Gasteiger partial charge in [-0.25, -0.2) is 9.97 Å². The number of ether oxygens (including phenoxy) is 1. The van der Waals surface area contributed by atoms with Crippen molar-refractivity contribution in [2.45, 2.75) is 40.5 Å². The monoisotopic (exact) mass is 766 g/mol. The minimum Gasteiger partial charge on any atom is -0.457 e. The molecule has 9 aromatic rings. The van der Waals surface area contributed by atoms with E-state index in [1.807, 2.05) is 38.1 Å². The molecule has 0 bridgehead atoms. The van der Waals surface area contributed by atoms with Crippen LogP contribution in [0.2, 0.25) is 0 Å². The number of nitrogens with zero attached hydrogens (tertiary/aromatic N) is 4. The van der Waals surface area contributed by atoms with Gasteiger partial charge in [-0.2, -0.15) is 0 Å². The Balaban J connectivity index is 0.000000147.